The smallest absolute Gasteiger partial charge is 0.269 e. The number of alkyl halides is 2. The number of carbonyl (C=O) groups is 1. The van der Waals surface area contributed by atoms with Crippen LogP contribution in [0, 0.1) is 0 Å². The van der Waals surface area contributed by atoms with E-state index in [1.165, 1.54) is 11.3 Å². The van der Waals surface area contributed by atoms with Crippen molar-refractivity contribution in [3.63, 3.8) is 0 Å². The van der Waals surface area contributed by atoms with Crippen LogP contribution in [-0.4, -0.2) is 45.6 Å². The van der Waals surface area contributed by atoms with Gasteiger partial charge in [-0.2, -0.15) is 5.10 Å². The van der Waals surface area contributed by atoms with E-state index >= 15 is 0 Å². The topological polar surface area (TPSA) is 94.5 Å². The molecule has 10 heteroatoms. The molecule has 0 unspecified atom stereocenters. The van der Waals surface area contributed by atoms with Crippen LogP contribution in [0.3, 0.4) is 0 Å². The number of thiophene rings is 1. The summed E-state index contributed by atoms with van der Waals surface area (Å²) in [6.45, 7) is 1.98. The molecule has 0 saturated heterocycles. The first kappa shape index (κ1) is 20.7. The maximum atomic E-state index is 14.3. The second kappa shape index (κ2) is 7.92. The number of nitrogens with zero attached hydrogens (tertiary/aromatic N) is 3. The molecule has 1 amide bonds. The third-order valence-corrected chi connectivity index (χ3v) is 6.71. The van der Waals surface area contributed by atoms with Gasteiger partial charge in [0, 0.05) is 28.5 Å². The van der Waals surface area contributed by atoms with Crippen LogP contribution in [0.15, 0.2) is 24.7 Å². The molecule has 7 nitrogen and oxygen atoms in total. The molecular weight excluding hydrogens is 412 g/mol. The lowest BCUT2D eigenvalue weighted by atomic mass is 9.87. The van der Waals surface area contributed by atoms with Gasteiger partial charge in [-0.25, -0.2) is 18.3 Å². The first-order chi connectivity index (χ1) is 14.3. The van der Waals surface area contributed by atoms with Crippen molar-refractivity contribution in [1.29, 1.82) is 0 Å². The van der Waals surface area contributed by atoms with Gasteiger partial charge in [0.05, 0.1) is 30.6 Å². The number of aryl methyl sites for hydroxylation is 1. The monoisotopic (exact) mass is 435 g/mol. The normalized spacial score (nSPS) is 21.0. The highest BCUT2D eigenvalue weighted by Gasteiger charge is 2.46. The maximum Gasteiger partial charge on any atom is 0.269 e. The van der Waals surface area contributed by atoms with E-state index in [2.05, 4.69) is 15.4 Å². The third-order valence-electron chi connectivity index (χ3n) is 5.43. The van der Waals surface area contributed by atoms with Crippen LogP contribution in [0.4, 0.5) is 8.78 Å². The van der Waals surface area contributed by atoms with Crippen LogP contribution in [0.5, 0.6) is 5.75 Å². The summed E-state index contributed by atoms with van der Waals surface area (Å²) in [4.78, 5) is 18.5. The van der Waals surface area contributed by atoms with Crippen LogP contribution in [0.25, 0.3) is 16.8 Å². The molecule has 4 rings (SSSR count). The number of nitrogens with two attached hydrogens (primary N) is 1. The number of hydrogen-bond acceptors (Lipinski definition) is 6. The Bertz CT molecular complexity index is 1080. The van der Waals surface area contributed by atoms with Gasteiger partial charge >= 0.3 is 0 Å². The van der Waals surface area contributed by atoms with E-state index in [0.717, 1.165) is 16.0 Å². The molecule has 3 aromatic rings. The zero-order valence-electron chi connectivity index (χ0n) is 16.7. The number of rotatable bonds is 5. The fourth-order valence-electron chi connectivity index (χ4n) is 3.82. The van der Waals surface area contributed by atoms with E-state index in [-0.39, 0.29) is 6.42 Å². The molecule has 1 saturated carbocycles. The first-order valence-electron chi connectivity index (χ1n) is 9.78. The van der Waals surface area contributed by atoms with Gasteiger partial charge in [0.25, 0.3) is 11.8 Å². The lowest BCUT2D eigenvalue weighted by molar-refractivity contribution is -0.0674. The number of nitrogens with one attached hydrogen (secondary N) is 1. The molecule has 1 fully saturated rings. The highest BCUT2D eigenvalue weighted by atomic mass is 32.1. The summed E-state index contributed by atoms with van der Waals surface area (Å²) in [6, 6.07) is -0.407. The number of halogens is 2. The minimum Gasteiger partial charge on any atom is -0.494 e. The van der Waals surface area contributed by atoms with Crippen molar-refractivity contribution < 1.29 is 18.3 Å². The quantitative estimate of drug-likeness (QED) is 0.641. The van der Waals surface area contributed by atoms with Crippen molar-refractivity contribution >= 4 is 22.9 Å². The van der Waals surface area contributed by atoms with Gasteiger partial charge in [0.2, 0.25) is 0 Å². The Labute approximate surface area is 176 Å². The molecule has 3 N–H and O–H groups in total. The molecule has 2 atom stereocenters. The molecule has 160 valence electrons. The summed E-state index contributed by atoms with van der Waals surface area (Å²) in [5.74, 6) is -2.97. The molecule has 1 aliphatic carbocycles. The summed E-state index contributed by atoms with van der Waals surface area (Å²) in [5.41, 5.74) is 8.09. The minimum absolute atomic E-state index is 0.265. The van der Waals surface area contributed by atoms with Crippen molar-refractivity contribution in [2.24, 2.45) is 5.73 Å². The molecule has 3 aromatic heterocycles. The number of fused-ring (bicyclic) bond motifs is 1. The van der Waals surface area contributed by atoms with Gasteiger partial charge in [-0.05, 0) is 25.3 Å². The Morgan fingerprint density at radius 3 is 2.93 bits per heavy atom. The second-order valence-electron chi connectivity index (χ2n) is 7.39. The molecule has 30 heavy (non-hydrogen) atoms. The average molecular weight is 436 g/mol. The van der Waals surface area contributed by atoms with Crippen LogP contribution in [-0.2, 0) is 6.42 Å². The van der Waals surface area contributed by atoms with E-state index in [1.807, 2.05) is 6.92 Å². The lowest BCUT2D eigenvalue weighted by Crippen LogP contribution is -2.59. The molecule has 3 heterocycles. The van der Waals surface area contributed by atoms with Crippen LogP contribution in [0.2, 0.25) is 0 Å². The maximum absolute atomic E-state index is 14.3. The van der Waals surface area contributed by atoms with E-state index < -0.39 is 23.9 Å². The third kappa shape index (κ3) is 3.65. The van der Waals surface area contributed by atoms with Gasteiger partial charge in [-0.3, -0.25) is 4.79 Å². The van der Waals surface area contributed by atoms with Crippen molar-refractivity contribution in [3.8, 4) is 16.9 Å². The van der Waals surface area contributed by atoms with E-state index in [1.54, 1.807) is 36.3 Å². The van der Waals surface area contributed by atoms with Gasteiger partial charge in [0.15, 0.2) is 11.4 Å². The number of aromatic nitrogens is 3. The van der Waals surface area contributed by atoms with E-state index in [0.29, 0.717) is 35.5 Å². The summed E-state index contributed by atoms with van der Waals surface area (Å²) in [6.07, 6.45) is 6.22. The number of ether oxygens (including phenoxy) is 1. The SMILES string of the molecule is CCc1sc(C(=O)N[C@@H]2[C@@H](N)CCCC2(F)F)cc1-c1cnn2cc(OC)cnc12. The number of methoxy groups -OCH3 is 1. The standard InChI is InChI=1S/C20H23F2N5O2S/c1-3-15-12(13-9-25-27-10-11(29-2)8-24-18(13)27)7-16(30-15)19(28)26-17-14(23)5-4-6-20(17,21)22/h7-10,14,17H,3-6,23H2,1-2H3,(H,26,28)/t14-,17+/m0/s1. The minimum atomic E-state index is -3.01. The van der Waals surface area contributed by atoms with Crippen molar-refractivity contribution in [2.45, 2.75) is 50.6 Å². The predicted octanol–water partition coefficient (Wildman–Crippen LogP) is 3.27. The van der Waals surface area contributed by atoms with Gasteiger partial charge in [-0.15, -0.1) is 11.3 Å². The predicted molar refractivity (Wildman–Crippen MR) is 110 cm³/mol. The molecule has 0 spiro atoms. The zero-order chi connectivity index (χ0) is 21.5. The number of hydrogen-bond donors (Lipinski definition) is 2. The largest absolute Gasteiger partial charge is 0.494 e. The highest BCUT2D eigenvalue weighted by Crippen LogP contribution is 2.36. The van der Waals surface area contributed by atoms with E-state index in [4.69, 9.17) is 10.5 Å². The summed E-state index contributed by atoms with van der Waals surface area (Å²) in [7, 11) is 1.55. The molecular formula is C20H23F2N5O2S. The van der Waals surface area contributed by atoms with Crippen molar-refractivity contribution in [3.05, 3.63) is 34.4 Å². The lowest BCUT2D eigenvalue weighted by Gasteiger charge is -2.36. The highest BCUT2D eigenvalue weighted by molar-refractivity contribution is 7.14. The molecule has 1 aliphatic rings. The van der Waals surface area contributed by atoms with Gasteiger partial charge < -0.3 is 15.8 Å². The Morgan fingerprint density at radius 1 is 1.43 bits per heavy atom. The zero-order valence-corrected chi connectivity index (χ0v) is 17.5. The average Bonchev–Trinajstić information content (AvgIpc) is 3.33. The van der Waals surface area contributed by atoms with E-state index in [9.17, 15) is 13.6 Å². The summed E-state index contributed by atoms with van der Waals surface area (Å²) < 4.78 is 35.3. The van der Waals surface area contributed by atoms with Crippen LogP contribution in [0.1, 0.15) is 40.7 Å². The number of carbonyl (C=O) groups excluding carboxylic acids is 1. The molecule has 0 aliphatic heterocycles. The molecule has 0 aromatic carbocycles. The Hall–Kier alpha value is -2.59. The Kier molecular flexibility index (Phi) is 5.46. The molecule has 0 radical (unpaired) electrons. The van der Waals surface area contributed by atoms with Gasteiger partial charge in [0.1, 0.15) is 6.04 Å². The van der Waals surface area contributed by atoms with Gasteiger partial charge in [-0.1, -0.05) is 6.92 Å². The summed E-state index contributed by atoms with van der Waals surface area (Å²) >= 11 is 1.28. The molecule has 0 bridgehead atoms. The fourth-order valence-corrected chi connectivity index (χ4v) is 4.84. The Balaban J connectivity index is 1.65. The summed E-state index contributed by atoms with van der Waals surface area (Å²) in [5, 5.41) is 6.80. The van der Waals surface area contributed by atoms with Crippen molar-refractivity contribution in [2.75, 3.05) is 7.11 Å². The van der Waals surface area contributed by atoms with Crippen molar-refractivity contribution in [1.82, 2.24) is 19.9 Å². The number of amides is 1. The Morgan fingerprint density at radius 2 is 2.23 bits per heavy atom. The second-order valence-corrected chi connectivity index (χ2v) is 8.53. The fraction of sp³-hybridized carbons (Fsp3) is 0.450. The van der Waals surface area contributed by atoms with Crippen LogP contribution < -0.4 is 15.8 Å². The first-order valence-corrected chi connectivity index (χ1v) is 10.6. The van der Waals surface area contributed by atoms with Crippen LogP contribution >= 0.6 is 11.3 Å².